The molecule has 0 aliphatic heterocycles. The molecule has 4 nitrogen and oxygen atoms in total. The first-order chi connectivity index (χ1) is 10.1. The number of carbonyl (C=O) groups excluding carboxylic acids is 1. The Labute approximate surface area is 127 Å². The second-order valence-corrected chi connectivity index (χ2v) is 4.79. The maximum atomic E-state index is 11.2. The summed E-state index contributed by atoms with van der Waals surface area (Å²) >= 11 is 5.43. The number of nitrogens with one attached hydrogen (secondary N) is 1. The highest BCUT2D eigenvalue weighted by atomic mass is 35.5. The van der Waals surface area contributed by atoms with E-state index in [1.807, 2.05) is 24.3 Å². The van der Waals surface area contributed by atoms with Crippen LogP contribution in [-0.2, 0) is 16.0 Å². The van der Waals surface area contributed by atoms with Crippen LogP contribution in [0.2, 0.25) is 0 Å². The van der Waals surface area contributed by atoms with Gasteiger partial charge in [-0.25, -0.2) is 0 Å². The van der Waals surface area contributed by atoms with Crippen molar-refractivity contribution in [1.29, 1.82) is 0 Å². The minimum Gasteiger partial charge on any atom is -0.481 e. The molecule has 0 aliphatic carbocycles. The normalized spacial score (nSPS) is 10.1. The summed E-state index contributed by atoms with van der Waals surface area (Å²) in [5, 5.41) is 11.4. The number of carbonyl (C=O) groups is 2. The van der Waals surface area contributed by atoms with Crippen LogP contribution in [0.5, 0.6) is 0 Å². The number of benzene rings is 2. The molecule has 0 saturated heterocycles. The molecule has 2 aromatic carbocycles. The molecular weight excluding hydrogens is 290 g/mol. The van der Waals surface area contributed by atoms with Crippen molar-refractivity contribution in [3.63, 3.8) is 0 Å². The van der Waals surface area contributed by atoms with Crippen molar-refractivity contribution in [3.05, 3.63) is 54.1 Å². The Hall–Kier alpha value is -2.33. The second kappa shape index (κ2) is 6.90. The van der Waals surface area contributed by atoms with Crippen LogP contribution in [0.4, 0.5) is 5.69 Å². The molecule has 0 unspecified atom stereocenters. The molecule has 108 valence electrons. The van der Waals surface area contributed by atoms with E-state index >= 15 is 0 Å². The Kier molecular flexibility index (Phi) is 4.95. The summed E-state index contributed by atoms with van der Waals surface area (Å²) in [5.74, 6) is -1.17. The summed E-state index contributed by atoms with van der Waals surface area (Å²) in [6, 6.07) is 14.7. The van der Waals surface area contributed by atoms with E-state index < -0.39 is 5.97 Å². The van der Waals surface area contributed by atoms with Crippen molar-refractivity contribution in [2.75, 3.05) is 11.2 Å². The molecule has 0 spiro atoms. The summed E-state index contributed by atoms with van der Waals surface area (Å²) in [6.07, 6.45) is 0.0175. The van der Waals surface area contributed by atoms with E-state index in [1.165, 1.54) is 0 Å². The fourth-order valence-corrected chi connectivity index (χ4v) is 2.00. The summed E-state index contributed by atoms with van der Waals surface area (Å²) in [6.45, 7) is 0. The largest absolute Gasteiger partial charge is 0.481 e. The second-order valence-electron chi connectivity index (χ2n) is 4.53. The van der Waals surface area contributed by atoms with Crippen LogP contribution in [0.25, 0.3) is 11.1 Å². The number of alkyl halides is 1. The van der Waals surface area contributed by atoms with Crippen LogP contribution in [0, 0.1) is 0 Å². The maximum absolute atomic E-state index is 11.2. The number of carboxylic acid groups (broad SMARTS) is 1. The van der Waals surface area contributed by atoms with Gasteiger partial charge in [0.05, 0.1) is 6.42 Å². The lowest BCUT2D eigenvalue weighted by atomic mass is 10.0. The molecule has 0 aliphatic rings. The van der Waals surface area contributed by atoms with E-state index in [-0.39, 0.29) is 18.2 Å². The topological polar surface area (TPSA) is 66.4 Å². The fourth-order valence-electron chi connectivity index (χ4n) is 1.93. The molecule has 0 aromatic heterocycles. The molecular formula is C16H14ClNO3. The predicted molar refractivity (Wildman–Crippen MR) is 82.6 cm³/mol. The third kappa shape index (κ3) is 4.33. The standard InChI is InChI=1S/C16H14ClNO3/c17-10-15(19)18-14-7-5-13(6-8-14)12-3-1-11(2-4-12)9-16(20)21/h1-8H,9-10H2,(H,18,19)(H,20,21). The van der Waals surface area contributed by atoms with Gasteiger partial charge in [0.15, 0.2) is 0 Å². The van der Waals surface area contributed by atoms with Gasteiger partial charge in [0.2, 0.25) is 5.91 Å². The van der Waals surface area contributed by atoms with Crippen LogP contribution in [0.1, 0.15) is 5.56 Å². The highest BCUT2D eigenvalue weighted by Gasteiger charge is 2.03. The molecule has 0 fully saturated rings. The third-order valence-electron chi connectivity index (χ3n) is 2.93. The van der Waals surface area contributed by atoms with Gasteiger partial charge < -0.3 is 10.4 Å². The maximum Gasteiger partial charge on any atom is 0.307 e. The van der Waals surface area contributed by atoms with E-state index in [2.05, 4.69) is 5.32 Å². The Bertz CT molecular complexity index is 636. The highest BCUT2D eigenvalue weighted by molar-refractivity contribution is 6.29. The molecule has 5 heteroatoms. The van der Waals surface area contributed by atoms with Crippen molar-refractivity contribution < 1.29 is 14.7 Å². The van der Waals surface area contributed by atoms with E-state index in [0.29, 0.717) is 5.69 Å². The minimum absolute atomic E-state index is 0.0175. The summed E-state index contributed by atoms with van der Waals surface area (Å²) in [7, 11) is 0. The number of hydrogen-bond acceptors (Lipinski definition) is 2. The zero-order chi connectivity index (χ0) is 15.2. The summed E-state index contributed by atoms with van der Waals surface area (Å²) in [5.41, 5.74) is 3.42. The van der Waals surface area contributed by atoms with Gasteiger partial charge in [0, 0.05) is 5.69 Å². The number of aliphatic carboxylic acids is 1. The number of anilines is 1. The minimum atomic E-state index is -0.845. The zero-order valence-electron chi connectivity index (χ0n) is 11.2. The number of hydrogen-bond donors (Lipinski definition) is 2. The van der Waals surface area contributed by atoms with Crippen LogP contribution in [0.3, 0.4) is 0 Å². The fraction of sp³-hybridized carbons (Fsp3) is 0.125. The zero-order valence-corrected chi connectivity index (χ0v) is 11.9. The third-order valence-corrected chi connectivity index (χ3v) is 3.18. The van der Waals surface area contributed by atoms with Crippen molar-refractivity contribution in [2.24, 2.45) is 0 Å². The molecule has 0 radical (unpaired) electrons. The van der Waals surface area contributed by atoms with E-state index in [1.54, 1.807) is 24.3 Å². The molecule has 2 rings (SSSR count). The summed E-state index contributed by atoms with van der Waals surface area (Å²) in [4.78, 5) is 21.8. The molecule has 2 aromatic rings. The van der Waals surface area contributed by atoms with Gasteiger partial charge in [-0.3, -0.25) is 9.59 Å². The number of amides is 1. The monoisotopic (exact) mass is 303 g/mol. The van der Waals surface area contributed by atoms with Crippen molar-refractivity contribution >= 4 is 29.2 Å². The van der Waals surface area contributed by atoms with Crippen LogP contribution < -0.4 is 5.32 Å². The van der Waals surface area contributed by atoms with E-state index in [4.69, 9.17) is 16.7 Å². The van der Waals surface area contributed by atoms with Crippen molar-refractivity contribution in [3.8, 4) is 11.1 Å². The van der Waals surface area contributed by atoms with Gasteiger partial charge in [0.1, 0.15) is 5.88 Å². The lowest BCUT2D eigenvalue weighted by Gasteiger charge is -2.06. The SMILES string of the molecule is O=C(O)Cc1ccc(-c2ccc(NC(=O)CCl)cc2)cc1. The highest BCUT2D eigenvalue weighted by Crippen LogP contribution is 2.22. The first-order valence-corrected chi connectivity index (χ1v) is 6.89. The van der Waals surface area contributed by atoms with Crippen molar-refractivity contribution in [2.45, 2.75) is 6.42 Å². The molecule has 2 N–H and O–H groups in total. The van der Waals surface area contributed by atoms with Crippen LogP contribution in [0.15, 0.2) is 48.5 Å². The molecule has 0 heterocycles. The molecule has 0 saturated carbocycles. The Morgan fingerprint density at radius 3 is 1.95 bits per heavy atom. The first kappa shape index (κ1) is 15.1. The average molecular weight is 304 g/mol. The van der Waals surface area contributed by atoms with Gasteiger partial charge in [-0.15, -0.1) is 11.6 Å². The van der Waals surface area contributed by atoms with Gasteiger partial charge in [0.25, 0.3) is 0 Å². The van der Waals surface area contributed by atoms with Crippen LogP contribution >= 0.6 is 11.6 Å². The van der Waals surface area contributed by atoms with E-state index in [9.17, 15) is 9.59 Å². The quantitative estimate of drug-likeness (QED) is 0.834. The lowest BCUT2D eigenvalue weighted by Crippen LogP contribution is -2.12. The van der Waals surface area contributed by atoms with Crippen molar-refractivity contribution in [1.82, 2.24) is 0 Å². The number of halogens is 1. The lowest BCUT2D eigenvalue weighted by molar-refractivity contribution is -0.136. The smallest absolute Gasteiger partial charge is 0.307 e. The first-order valence-electron chi connectivity index (χ1n) is 6.35. The van der Waals surface area contributed by atoms with Gasteiger partial charge >= 0.3 is 5.97 Å². The average Bonchev–Trinajstić information content (AvgIpc) is 2.48. The summed E-state index contributed by atoms with van der Waals surface area (Å²) < 4.78 is 0. The Balaban J connectivity index is 2.11. The number of carboxylic acids is 1. The van der Waals surface area contributed by atoms with Crippen LogP contribution in [-0.4, -0.2) is 22.9 Å². The Morgan fingerprint density at radius 1 is 0.952 bits per heavy atom. The number of rotatable bonds is 5. The van der Waals surface area contributed by atoms with Gasteiger partial charge in [-0.1, -0.05) is 36.4 Å². The predicted octanol–water partition coefficient (Wildman–Crippen LogP) is 3.16. The van der Waals surface area contributed by atoms with E-state index in [0.717, 1.165) is 16.7 Å². The molecule has 21 heavy (non-hydrogen) atoms. The molecule has 1 amide bonds. The Morgan fingerprint density at radius 2 is 1.48 bits per heavy atom. The molecule has 0 atom stereocenters. The molecule has 0 bridgehead atoms. The van der Waals surface area contributed by atoms with Gasteiger partial charge in [-0.2, -0.15) is 0 Å². The van der Waals surface area contributed by atoms with Gasteiger partial charge in [-0.05, 0) is 28.8 Å².